The Labute approximate surface area is 179 Å². The second-order valence-electron chi connectivity index (χ2n) is 8.55. The maximum atomic E-state index is 12.7. The fourth-order valence-corrected chi connectivity index (χ4v) is 5.09. The zero-order valence-corrected chi connectivity index (χ0v) is 17.3. The lowest BCUT2D eigenvalue weighted by molar-refractivity contribution is -0.124. The number of aromatic amines is 1. The molecule has 5 rings (SSSR count). The van der Waals surface area contributed by atoms with Gasteiger partial charge in [0.15, 0.2) is 0 Å². The zero-order valence-electron chi connectivity index (χ0n) is 17.3. The van der Waals surface area contributed by atoms with E-state index in [0.717, 1.165) is 41.1 Å². The van der Waals surface area contributed by atoms with Crippen LogP contribution < -0.4 is 20.9 Å². The summed E-state index contributed by atoms with van der Waals surface area (Å²) < 4.78 is 5.32. The number of hydrogen-bond acceptors (Lipinski definition) is 5. The standard InChI is InChI=1S/C24H24N4O3/c1-31-17-5-7-21-19(11-17)18-6-2-13(9-20(18)23(29)28-21)8-16(12-25)27-24(30)22-14-3-4-15(10-14)26-22/h2,5-7,9,11,14-16,22,26H,3-4,8,10H2,1H3,(H,27,30)(H,28,29)/t14-,15+,16?,22-/m0/s1. The van der Waals surface area contributed by atoms with E-state index in [2.05, 4.69) is 21.7 Å². The van der Waals surface area contributed by atoms with Crippen LogP contribution in [0.4, 0.5) is 0 Å². The Balaban J connectivity index is 1.40. The van der Waals surface area contributed by atoms with E-state index in [1.165, 1.54) is 0 Å². The van der Waals surface area contributed by atoms with Crippen molar-refractivity contribution in [3.05, 3.63) is 52.3 Å². The number of ether oxygens (including phenoxy) is 1. The molecule has 3 N–H and O–H groups in total. The molecule has 1 aliphatic heterocycles. The first kappa shape index (κ1) is 19.6. The molecule has 7 heteroatoms. The van der Waals surface area contributed by atoms with Crippen LogP contribution in [-0.4, -0.2) is 36.1 Å². The van der Waals surface area contributed by atoms with Crippen LogP contribution in [0.25, 0.3) is 21.7 Å². The highest BCUT2D eigenvalue weighted by molar-refractivity contribution is 6.05. The smallest absolute Gasteiger partial charge is 0.256 e. The number of rotatable bonds is 5. The average molecular weight is 416 g/mol. The number of piperidine rings is 1. The van der Waals surface area contributed by atoms with Crippen LogP contribution in [0.15, 0.2) is 41.2 Å². The van der Waals surface area contributed by atoms with Gasteiger partial charge in [-0.3, -0.25) is 9.59 Å². The van der Waals surface area contributed by atoms with E-state index in [1.807, 2.05) is 30.3 Å². The van der Waals surface area contributed by atoms with Crippen molar-refractivity contribution >= 4 is 27.6 Å². The summed E-state index contributed by atoms with van der Waals surface area (Å²) in [6.45, 7) is 0. The molecule has 3 aromatic rings. The molecule has 2 aromatic carbocycles. The molecular formula is C24H24N4O3. The van der Waals surface area contributed by atoms with Crippen LogP contribution in [0.1, 0.15) is 24.8 Å². The second-order valence-corrected chi connectivity index (χ2v) is 8.55. The zero-order chi connectivity index (χ0) is 21.5. The van der Waals surface area contributed by atoms with Gasteiger partial charge in [0.1, 0.15) is 11.8 Å². The molecule has 0 spiro atoms. The lowest BCUT2D eigenvalue weighted by atomic mass is 9.98. The minimum atomic E-state index is -0.648. The lowest BCUT2D eigenvalue weighted by Gasteiger charge is -2.23. The van der Waals surface area contributed by atoms with Gasteiger partial charge in [-0.1, -0.05) is 12.1 Å². The Bertz CT molecular complexity index is 1280. The summed E-state index contributed by atoms with van der Waals surface area (Å²) in [5.74, 6) is 0.982. The van der Waals surface area contributed by atoms with Gasteiger partial charge in [-0.2, -0.15) is 5.26 Å². The molecule has 1 saturated heterocycles. The normalized spacial score (nSPS) is 23.0. The van der Waals surface area contributed by atoms with Crippen molar-refractivity contribution in [1.82, 2.24) is 15.6 Å². The average Bonchev–Trinajstić information content (AvgIpc) is 3.42. The van der Waals surface area contributed by atoms with Crippen LogP contribution in [0.5, 0.6) is 5.75 Å². The first-order chi connectivity index (χ1) is 15.1. The van der Waals surface area contributed by atoms with Crippen molar-refractivity contribution in [2.24, 2.45) is 5.92 Å². The highest BCUT2D eigenvalue weighted by atomic mass is 16.5. The highest BCUT2D eigenvalue weighted by Crippen LogP contribution is 2.35. The molecule has 4 atom stereocenters. The number of aromatic nitrogens is 1. The van der Waals surface area contributed by atoms with Gasteiger partial charge >= 0.3 is 0 Å². The number of nitrogens with one attached hydrogen (secondary N) is 3. The maximum Gasteiger partial charge on any atom is 0.256 e. The summed E-state index contributed by atoms with van der Waals surface area (Å²) in [6.07, 6.45) is 3.58. The maximum absolute atomic E-state index is 12.7. The molecule has 1 unspecified atom stereocenters. The van der Waals surface area contributed by atoms with Crippen LogP contribution in [0.3, 0.4) is 0 Å². The van der Waals surface area contributed by atoms with Gasteiger partial charge in [0.2, 0.25) is 5.91 Å². The summed E-state index contributed by atoms with van der Waals surface area (Å²) >= 11 is 0. The summed E-state index contributed by atoms with van der Waals surface area (Å²) in [4.78, 5) is 28.2. The number of fused-ring (bicyclic) bond motifs is 5. The van der Waals surface area contributed by atoms with Crippen molar-refractivity contribution in [3.63, 3.8) is 0 Å². The van der Waals surface area contributed by atoms with E-state index >= 15 is 0 Å². The van der Waals surface area contributed by atoms with Gasteiger partial charge in [-0.05, 0) is 60.4 Å². The molecule has 7 nitrogen and oxygen atoms in total. The van der Waals surface area contributed by atoms with Crippen molar-refractivity contribution in [3.8, 4) is 11.8 Å². The van der Waals surface area contributed by atoms with Gasteiger partial charge in [-0.15, -0.1) is 0 Å². The van der Waals surface area contributed by atoms with Gasteiger partial charge in [0.25, 0.3) is 5.56 Å². The van der Waals surface area contributed by atoms with Crippen LogP contribution in [-0.2, 0) is 11.2 Å². The molecule has 0 radical (unpaired) electrons. The Morgan fingerprint density at radius 1 is 1.23 bits per heavy atom. The predicted octanol–water partition coefficient (Wildman–Crippen LogP) is 2.38. The number of nitrogens with zero attached hydrogens (tertiary/aromatic N) is 1. The SMILES string of the molecule is COc1ccc2[nH]c(=O)c3cc(CC(C#N)NC(=O)[C@H]4N[C@@H]5CC[C@H]4C5)ccc3c2c1. The third kappa shape index (κ3) is 3.53. The fourth-order valence-electron chi connectivity index (χ4n) is 5.09. The third-order valence-electron chi connectivity index (χ3n) is 6.65. The molecule has 1 aliphatic carbocycles. The summed E-state index contributed by atoms with van der Waals surface area (Å²) in [5.41, 5.74) is 1.39. The Kier molecular flexibility index (Phi) is 4.87. The van der Waals surface area contributed by atoms with Crippen molar-refractivity contribution in [1.29, 1.82) is 5.26 Å². The predicted molar refractivity (Wildman–Crippen MR) is 118 cm³/mol. The molecule has 31 heavy (non-hydrogen) atoms. The molecular weight excluding hydrogens is 392 g/mol. The van der Waals surface area contributed by atoms with Gasteiger partial charge in [0.05, 0.1) is 19.2 Å². The van der Waals surface area contributed by atoms with E-state index < -0.39 is 6.04 Å². The van der Waals surface area contributed by atoms with Crippen molar-refractivity contribution < 1.29 is 9.53 Å². The Hall–Kier alpha value is -3.37. The number of amides is 1. The first-order valence-corrected chi connectivity index (χ1v) is 10.6. The summed E-state index contributed by atoms with van der Waals surface area (Å²) in [7, 11) is 1.61. The number of carbonyl (C=O) groups is 1. The molecule has 158 valence electrons. The Morgan fingerprint density at radius 3 is 2.81 bits per heavy atom. The molecule has 2 aliphatic rings. The third-order valence-corrected chi connectivity index (χ3v) is 6.65. The number of nitriles is 1. The summed E-state index contributed by atoms with van der Waals surface area (Å²) in [6, 6.07) is 12.9. The quantitative estimate of drug-likeness (QED) is 0.554. The molecule has 2 fully saturated rings. The van der Waals surface area contributed by atoms with Gasteiger partial charge < -0.3 is 20.4 Å². The summed E-state index contributed by atoms with van der Waals surface area (Å²) in [5, 5.41) is 18.1. The van der Waals surface area contributed by atoms with Crippen LogP contribution in [0.2, 0.25) is 0 Å². The number of methoxy groups -OCH3 is 1. The fraction of sp³-hybridized carbons (Fsp3) is 0.375. The van der Waals surface area contributed by atoms with E-state index in [-0.39, 0.29) is 17.5 Å². The van der Waals surface area contributed by atoms with Gasteiger partial charge in [-0.25, -0.2) is 0 Å². The number of hydrogen-bond donors (Lipinski definition) is 3. The van der Waals surface area contributed by atoms with Gasteiger partial charge in [0, 0.05) is 28.8 Å². The largest absolute Gasteiger partial charge is 0.497 e. The molecule has 1 amide bonds. The van der Waals surface area contributed by atoms with Crippen LogP contribution >= 0.6 is 0 Å². The first-order valence-electron chi connectivity index (χ1n) is 10.6. The monoisotopic (exact) mass is 416 g/mol. The minimum Gasteiger partial charge on any atom is -0.497 e. The van der Waals surface area contributed by atoms with E-state index in [0.29, 0.717) is 29.5 Å². The molecule has 2 heterocycles. The molecule has 1 aromatic heterocycles. The number of pyridine rings is 1. The van der Waals surface area contributed by atoms with E-state index in [1.54, 1.807) is 13.2 Å². The Morgan fingerprint density at radius 2 is 2.10 bits per heavy atom. The van der Waals surface area contributed by atoms with E-state index in [4.69, 9.17) is 4.74 Å². The van der Waals surface area contributed by atoms with Crippen LogP contribution in [0, 0.1) is 17.2 Å². The number of carbonyl (C=O) groups excluding carboxylic acids is 1. The van der Waals surface area contributed by atoms with Crippen molar-refractivity contribution in [2.45, 2.75) is 43.8 Å². The highest BCUT2D eigenvalue weighted by Gasteiger charge is 2.43. The van der Waals surface area contributed by atoms with Crippen molar-refractivity contribution in [2.75, 3.05) is 7.11 Å². The number of benzene rings is 2. The van der Waals surface area contributed by atoms with E-state index in [9.17, 15) is 14.9 Å². The molecule has 1 saturated carbocycles. The lowest BCUT2D eigenvalue weighted by Crippen LogP contribution is -2.50. The number of H-pyrrole nitrogens is 1. The minimum absolute atomic E-state index is 0.101. The second kappa shape index (κ2) is 7.71. The molecule has 2 bridgehead atoms. The topological polar surface area (TPSA) is 107 Å².